The van der Waals surface area contributed by atoms with Crippen molar-refractivity contribution in [3.63, 3.8) is 0 Å². The van der Waals surface area contributed by atoms with Crippen LogP contribution in [0.25, 0.3) is 93.6 Å². The standard InChI is InChI=1S/C58H38N2O/c1-2-13-39(14-3-1)43-17-10-18-44(37-43)40-27-32-46(33-28-40)59(53-24-11-16-42-15-4-5-19-48(42)53)47-34-29-41(30-35-47)45-31-36-55-52(38-45)49-20-6-8-23-54(49)60(55)56-25-12-22-51-50-21-7-9-26-57(50)61-58(51)56/h1-38H. The van der Waals surface area contributed by atoms with Gasteiger partial charge in [-0.25, -0.2) is 0 Å². The highest BCUT2D eigenvalue weighted by molar-refractivity contribution is 6.13. The SMILES string of the molecule is c1ccc(-c2cccc(-c3ccc(N(c4ccc(-c5ccc6c(c5)c5ccccc5n6-c5cccc6c5oc5ccccc56)cc4)c4cccc5ccccc45)cc3)c2)cc1. The van der Waals surface area contributed by atoms with Gasteiger partial charge >= 0.3 is 0 Å². The molecule has 0 N–H and O–H groups in total. The van der Waals surface area contributed by atoms with Gasteiger partial charge in [0.05, 0.1) is 22.4 Å². The van der Waals surface area contributed by atoms with Crippen LogP contribution in [-0.4, -0.2) is 4.57 Å². The Bertz CT molecular complexity index is 3570. The second-order valence-corrected chi connectivity index (χ2v) is 15.7. The van der Waals surface area contributed by atoms with Crippen molar-refractivity contribution in [1.29, 1.82) is 0 Å². The molecule has 2 heterocycles. The van der Waals surface area contributed by atoms with Crippen molar-refractivity contribution in [2.24, 2.45) is 0 Å². The van der Waals surface area contributed by atoms with Crippen molar-refractivity contribution in [2.75, 3.05) is 4.90 Å². The van der Waals surface area contributed by atoms with Gasteiger partial charge in [0.2, 0.25) is 0 Å². The molecule has 286 valence electrons. The van der Waals surface area contributed by atoms with Gasteiger partial charge < -0.3 is 13.9 Å². The molecule has 3 nitrogen and oxygen atoms in total. The van der Waals surface area contributed by atoms with Gasteiger partial charge in [-0.15, -0.1) is 0 Å². The fraction of sp³-hybridized carbons (Fsp3) is 0. The molecule has 12 rings (SSSR count). The predicted molar refractivity (Wildman–Crippen MR) is 257 cm³/mol. The number of nitrogens with zero attached hydrogens (tertiary/aromatic N) is 2. The van der Waals surface area contributed by atoms with Gasteiger partial charge in [-0.2, -0.15) is 0 Å². The number of anilines is 3. The van der Waals surface area contributed by atoms with Crippen molar-refractivity contribution >= 4 is 71.6 Å². The molecule has 0 spiro atoms. The zero-order chi connectivity index (χ0) is 40.3. The fourth-order valence-electron chi connectivity index (χ4n) is 9.27. The summed E-state index contributed by atoms with van der Waals surface area (Å²) >= 11 is 0. The topological polar surface area (TPSA) is 21.3 Å². The monoisotopic (exact) mass is 778 g/mol. The van der Waals surface area contributed by atoms with E-state index in [2.05, 4.69) is 228 Å². The number of hydrogen-bond donors (Lipinski definition) is 0. The first-order valence-electron chi connectivity index (χ1n) is 20.8. The van der Waals surface area contributed by atoms with Crippen molar-refractivity contribution in [3.05, 3.63) is 231 Å². The molecule has 0 radical (unpaired) electrons. The van der Waals surface area contributed by atoms with E-state index in [1.807, 2.05) is 12.1 Å². The molecule has 0 fully saturated rings. The Balaban J connectivity index is 0.940. The van der Waals surface area contributed by atoms with E-state index < -0.39 is 0 Å². The van der Waals surface area contributed by atoms with Crippen molar-refractivity contribution in [2.45, 2.75) is 0 Å². The first-order chi connectivity index (χ1) is 30.2. The van der Waals surface area contributed by atoms with Crippen LogP contribution in [0.4, 0.5) is 17.1 Å². The predicted octanol–water partition coefficient (Wildman–Crippen LogP) is 16.3. The van der Waals surface area contributed by atoms with Gasteiger partial charge in [0.15, 0.2) is 5.58 Å². The molecule has 61 heavy (non-hydrogen) atoms. The van der Waals surface area contributed by atoms with E-state index in [0.29, 0.717) is 0 Å². The summed E-state index contributed by atoms with van der Waals surface area (Å²) in [6.45, 7) is 0. The summed E-state index contributed by atoms with van der Waals surface area (Å²) in [5.74, 6) is 0. The molecule has 2 aromatic heterocycles. The summed E-state index contributed by atoms with van der Waals surface area (Å²) in [4.78, 5) is 2.38. The Kier molecular flexibility index (Phi) is 8.17. The average Bonchev–Trinajstić information content (AvgIpc) is 3.88. The summed E-state index contributed by atoms with van der Waals surface area (Å²) in [6, 6.07) is 82.9. The Hall–Kier alpha value is -8.14. The van der Waals surface area contributed by atoms with Crippen molar-refractivity contribution in [1.82, 2.24) is 4.57 Å². The van der Waals surface area contributed by atoms with Crippen LogP contribution in [0.15, 0.2) is 235 Å². The third kappa shape index (κ3) is 5.90. The highest BCUT2D eigenvalue weighted by Gasteiger charge is 2.19. The fourth-order valence-corrected chi connectivity index (χ4v) is 9.27. The average molecular weight is 779 g/mol. The first kappa shape index (κ1) is 34.9. The van der Waals surface area contributed by atoms with Gasteiger partial charge in [0.25, 0.3) is 0 Å². The van der Waals surface area contributed by atoms with Crippen LogP contribution in [0, 0.1) is 0 Å². The summed E-state index contributed by atoms with van der Waals surface area (Å²) in [5.41, 5.74) is 15.6. The Labute approximate surface area is 353 Å². The van der Waals surface area contributed by atoms with E-state index in [-0.39, 0.29) is 0 Å². The minimum Gasteiger partial charge on any atom is -0.454 e. The lowest BCUT2D eigenvalue weighted by Gasteiger charge is -2.27. The molecular weight excluding hydrogens is 741 g/mol. The second kappa shape index (κ2) is 14.3. The van der Waals surface area contributed by atoms with Crippen LogP contribution in [0.1, 0.15) is 0 Å². The van der Waals surface area contributed by atoms with E-state index in [4.69, 9.17) is 4.42 Å². The summed E-state index contributed by atoms with van der Waals surface area (Å²) in [5, 5.41) is 7.08. The van der Waals surface area contributed by atoms with Crippen LogP contribution >= 0.6 is 0 Å². The van der Waals surface area contributed by atoms with Gasteiger partial charge in [0.1, 0.15) is 5.58 Å². The summed E-state index contributed by atoms with van der Waals surface area (Å²) in [6.07, 6.45) is 0. The number of benzene rings is 10. The molecule has 10 aromatic carbocycles. The lowest BCUT2D eigenvalue weighted by molar-refractivity contribution is 0.666. The van der Waals surface area contributed by atoms with Gasteiger partial charge in [0, 0.05) is 38.3 Å². The molecule has 0 aliphatic heterocycles. The quantitative estimate of drug-likeness (QED) is 0.161. The molecule has 0 aliphatic rings. The minimum absolute atomic E-state index is 0.897. The maximum Gasteiger partial charge on any atom is 0.159 e. The van der Waals surface area contributed by atoms with Crippen molar-refractivity contribution < 1.29 is 4.42 Å². The zero-order valence-electron chi connectivity index (χ0n) is 33.2. The lowest BCUT2D eigenvalue weighted by Crippen LogP contribution is -2.10. The third-order valence-corrected chi connectivity index (χ3v) is 12.2. The van der Waals surface area contributed by atoms with Gasteiger partial charge in [-0.05, 0) is 105 Å². The zero-order valence-corrected chi connectivity index (χ0v) is 33.2. The molecule has 0 bridgehead atoms. The maximum absolute atomic E-state index is 6.54. The smallest absolute Gasteiger partial charge is 0.159 e. The number of hydrogen-bond acceptors (Lipinski definition) is 2. The van der Waals surface area contributed by atoms with E-state index in [9.17, 15) is 0 Å². The van der Waals surface area contributed by atoms with E-state index in [1.54, 1.807) is 0 Å². The number of rotatable bonds is 7. The van der Waals surface area contributed by atoms with Gasteiger partial charge in [-0.3, -0.25) is 0 Å². The maximum atomic E-state index is 6.54. The molecule has 0 aliphatic carbocycles. The van der Waals surface area contributed by atoms with Crippen LogP contribution < -0.4 is 4.90 Å². The lowest BCUT2D eigenvalue weighted by atomic mass is 9.98. The molecule has 0 saturated heterocycles. The van der Waals surface area contributed by atoms with Crippen LogP contribution in [0.3, 0.4) is 0 Å². The Morgan fingerprint density at radius 1 is 0.328 bits per heavy atom. The summed E-state index contributed by atoms with van der Waals surface area (Å²) < 4.78 is 8.89. The summed E-state index contributed by atoms with van der Waals surface area (Å²) in [7, 11) is 0. The molecule has 12 aromatic rings. The molecule has 0 amide bonds. The molecule has 0 atom stereocenters. The van der Waals surface area contributed by atoms with Crippen molar-refractivity contribution in [3.8, 4) is 39.1 Å². The minimum atomic E-state index is 0.897. The van der Waals surface area contributed by atoms with E-state index in [0.717, 1.165) is 61.3 Å². The Morgan fingerprint density at radius 3 is 1.62 bits per heavy atom. The second-order valence-electron chi connectivity index (χ2n) is 15.7. The van der Waals surface area contributed by atoms with E-state index >= 15 is 0 Å². The number of fused-ring (bicyclic) bond motifs is 7. The first-order valence-corrected chi connectivity index (χ1v) is 20.8. The number of para-hydroxylation sites is 3. The molecular formula is C58H38N2O. The van der Waals surface area contributed by atoms with Crippen LogP contribution in [-0.2, 0) is 0 Å². The van der Waals surface area contributed by atoms with E-state index in [1.165, 1.54) is 49.4 Å². The number of furan rings is 1. The largest absolute Gasteiger partial charge is 0.454 e. The number of aromatic nitrogens is 1. The highest BCUT2D eigenvalue weighted by Crippen LogP contribution is 2.42. The van der Waals surface area contributed by atoms with Crippen LogP contribution in [0.2, 0.25) is 0 Å². The molecule has 0 saturated carbocycles. The highest BCUT2D eigenvalue weighted by atomic mass is 16.3. The Morgan fingerprint density at radius 2 is 0.852 bits per heavy atom. The molecule has 0 unspecified atom stereocenters. The third-order valence-electron chi connectivity index (χ3n) is 12.2. The van der Waals surface area contributed by atoms with Gasteiger partial charge in [-0.1, -0.05) is 164 Å². The normalized spacial score (nSPS) is 11.6. The van der Waals surface area contributed by atoms with Crippen LogP contribution in [0.5, 0.6) is 0 Å². The molecule has 3 heteroatoms.